The summed E-state index contributed by atoms with van der Waals surface area (Å²) in [5.74, 6) is 0.466. The smallest absolute Gasteiger partial charge is 0.227 e. The summed E-state index contributed by atoms with van der Waals surface area (Å²) >= 11 is 13.1. The van der Waals surface area contributed by atoms with E-state index in [-0.39, 0.29) is 6.04 Å². The Morgan fingerprint density at radius 2 is 1.88 bits per heavy atom. The fourth-order valence-electron chi connectivity index (χ4n) is 4.64. The highest BCUT2D eigenvalue weighted by molar-refractivity contribution is 6.34. The topological polar surface area (TPSA) is 91.6 Å². The van der Waals surface area contributed by atoms with E-state index in [1.165, 1.54) is 0 Å². The second-order valence-electron chi connectivity index (χ2n) is 8.90. The Labute approximate surface area is 201 Å². The van der Waals surface area contributed by atoms with Crippen molar-refractivity contribution < 1.29 is 9.84 Å². The molecular weight excluding hydrogens is 465 g/mol. The van der Waals surface area contributed by atoms with Gasteiger partial charge in [0.25, 0.3) is 0 Å². The van der Waals surface area contributed by atoms with Crippen molar-refractivity contribution in [2.75, 3.05) is 49.6 Å². The van der Waals surface area contributed by atoms with Crippen LogP contribution in [0.25, 0.3) is 10.9 Å². The first kappa shape index (κ1) is 21.4. The van der Waals surface area contributed by atoms with Crippen LogP contribution in [0.15, 0.2) is 24.5 Å². The number of hydrogen-bond acceptors (Lipinski definition) is 8. The Balaban J connectivity index is 1.20. The van der Waals surface area contributed by atoms with E-state index in [1.54, 1.807) is 12.4 Å². The fourth-order valence-corrected chi connectivity index (χ4v) is 5.21. The first-order chi connectivity index (χ1) is 16.1. The van der Waals surface area contributed by atoms with Crippen molar-refractivity contribution in [3.8, 4) is 0 Å². The molecule has 1 aliphatic carbocycles. The maximum absolute atomic E-state index is 10.1. The van der Waals surface area contributed by atoms with Gasteiger partial charge in [-0.05, 0) is 25.0 Å². The zero-order chi connectivity index (χ0) is 22.5. The molecular formula is C22H25Cl2N7O2. The minimum absolute atomic E-state index is 0.0803. The molecule has 0 radical (unpaired) electrons. The summed E-state index contributed by atoms with van der Waals surface area (Å²) in [6.45, 7) is 4.35. The molecule has 33 heavy (non-hydrogen) atoms. The Morgan fingerprint density at radius 3 is 2.61 bits per heavy atom. The molecule has 2 N–H and O–H groups in total. The molecule has 2 aromatic heterocycles. The van der Waals surface area contributed by atoms with Gasteiger partial charge in [-0.25, -0.2) is 14.6 Å². The SMILES string of the molecule is O[C@@H]1COC[C@@H]1N1CCN(c2cc3nc(Nc4cnn(C5CC5)c4Cl)ncc3cc2Cl)CC1. The molecule has 1 saturated carbocycles. The van der Waals surface area contributed by atoms with Crippen molar-refractivity contribution in [3.63, 3.8) is 0 Å². The molecule has 0 spiro atoms. The van der Waals surface area contributed by atoms with E-state index in [2.05, 4.69) is 25.2 Å². The van der Waals surface area contributed by atoms with Crippen molar-refractivity contribution in [2.24, 2.45) is 0 Å². The van der Waals surface area contributed by atoms with Gasteiger partial charge in [0.1, 0.15) is 0 Å². The number of piperazine rings is 1. The number of benzene rings is 1. The summed E-state index contributed by atoms with van der Waals surface area (Å²) in [4.78, 5) is 13.7. The van der Waals surface area contributed by atoms with E-state index in [0.29, 0.717) is 41.1 Å². The molecule has 1 aromatic carbocycles. The Kier molecular flexibility index (Phi) is 5.54. The molecule has 9 nitrogen and oxygen atoms in total. The molecule has 2 saturated heterocycles. The van der Waals surface area contributed by atoms with E-state index in [4.69, 9.17) is 32.9 Å². The minimum atomic E-state index is -0.409. The number of aliphatic hydroxyl groups excluding tert-OH is 1. The molecule has 0 unspecified atom stereocenters. The van der Waals surface area contributed by atoms with Crippen molar-refractivity contribution >= 4 is 51.4 Å². The van der Waals surface area contributed by atoms with Crippen LogP contribution in [0.4, 0.5) is 17.3 Å². The van der Waals surface area contributed by atoms with Crippen molar-refractivity contribution in [2.45, 2.75) is 31.0 Å². The second kappa shape index (κ2) is 8.56. The molecule has 11 heteroatoms. The van der Waals surface area contributed by atoms with E-state index >= 15 is 0 Å². The van der Waals surface area contributed by atoms with Gasteiger partial charge in [0, 0.05) is 37.8 Å². The number of nitrogens with one attached hydrogen (secondary N) is 1. The van der Waals surface area contributed by atoms with Crippen LogP contribution >= 0.6 is 23.2 Å². The van der Waals surface area contributed by atoms with Gasteiger partial charge in [-0.15, -0.1) is 0 Å². The molecule has 0 bridgehead atoms. The number of nitrogens with zero attached hydrogens (tertiary/aromatic N) is 6. The average Bonchev–Trinajstić information content (AvgIpc) is 3.47. The summed E-state index contributed by atoms with van der Waals surface area (Å²) < 4.78 is 7.26. The monoisotopic (exact) mass is 489 g/mol. The summed E-state index contributed by atoms with van der Waals surface area (Å²) in [7, 11) is 0. The number of hydrogen-bond donors (Lipinski definition) is 2. The molecule has 0 amide bonds. The van der Waals surface area contributed by atoms with Crippen LogP contribution in [0.1, 0.15) is 18.9 Å². The third-order valence-corrected chi connectivity index (χ3v) is 7.35. The standard InChI is InChI=1S/C22H25Cl2N7O2/c23-15-7-13-9-25-22(28-17-10-26-31(21(17)24)14-1-2-14)27-16(13)8-18(15)29-3-5-30(6-4-29)19-11-33-12-20(19)32/h7-10,14,19-20,32H,1-6,11-12H2,(H,25,27,28)/t19-,20+/m0/s1. The van der Waals surface area contributed by atoms with Crippen LogP contribution in [0.3, 0.4) is 0 Å². The Hall–Kier alpha value is -2.17. The van der Waals surface area contributed by atoms with Crippen LogP contribution in [-0.2, 0) is 4.74 Å². The van der Waals surface area contributed by atoms with Crippen LogP contribution in [-0.4, -0.2) is 81.3 Å². The van der Waals surface area contributed by atoms with E-state index in [9.17, 15) is 5.11 Å². The fraction of sp³-hybridized carbons (Fsp3) is 0.500. The third kappa shape index (κ3) is 4.13. The number of ether oxygens (including phenoxy) is 1. The zero-order valence-electron chi connectivity index (χ0n) is 18.0. The quantitative estimate of drug-likeness (QED) is 0.564. The summed E-state index contributed by atoms with van der Waals surface area (Å²) in [5, 5.41) is 19.8. The van der Waals surface area contributed by atoms with Crippen LogP contribution in [0.5, 0.6) is 0 Å². The largest absolute Gasteiger partial charge is 0.389 e. The first-order valence-electron chi connectivity index (χ1n) is 11.3. The normalized spacial score (nSPS) is 24.0. The maximum atomic E-state index is 10.1. The lowest BCUT2D eigenvalue weighted by atomic mass is 10.1. The lowest BCUT2D eigenvalue weighted by Gasteiger charge is -2.39. The molecule has 3 aromatic rings. The van der Waals surface area contributed by atoms with E-state index < -0.39 is 6.10 Å². The van der Waals surface area contributed by atoms with Gasteiger partial charge < -0.3 is 20.1 Å². The van der Waals surface area contributed by atoms with Crippen LogP contribution in [0.2, 0.25) is 10.2 Å². The van der Waals surface area contributed by atoms with E-state index in [1.807, 2.05) is 16.8 Å². The highest BCUT2D eigenvalue weighted by Gasteiger charge is 2.34. The van der Waals surface area contributed by atoms with Gasteiger partial charge in [0.05, 0.1) is 59.5 Å². The third-order valence-electron chi connectivity index (χ3n) is 6.67. The number of aromatic nitrogens is 4. The van der Waals surface area contributed by atoms with Crippen LogP contribution in [0, 0.1) is 0 Å². The van der Waals surface area contributed by atoms with E-state index in [0.717, 1.165) is 55.6 Å². The highest BCUT2D eigenvalue weighted by Crippen LogP contribution is 2.39. The molecule has 3 aliphatic rings. The Bertz CT molecular complexity index is 1180. The molecule has 4 heterocycles. The van der Waals surface area contributed by atoms with Gasteiger partial charge in [-0.1, -0.05) is 23.2 Å². The summed E-state index contributed by atoms with van der Waals surface area (Å²) in [5.41, 5.74) is 2.46. The van der Waals surface area contributed by atoms with Gasteiger partial charge in [-0.3, -0.25) is 4.90 Å². The lowest BCUT2D eigenvalue weighted by molar-refractivity contribution is 0.0785. The van der Waals surface area contributed by atoms with Crippen molar-refractivity contribution in [1.82, 2.24) is 24.6 Å². The summed E-state index contributed by atoms with van der Waals surface area (Å²) in [6.07, 6.45) is 5.29. The molecule has 174 valence electrons. The number of fused-ring (bicyclic) bond motifs is 1. The molecule has 6 rings (SSSR count). The average molecular weight is 490 g/mol. The maximum Gasteiger partial charge on any atom is 0.227 e. The van der Waals surface area contributed by atoms with Crippen LogP contribution < -0.4 is 10.2 Å². The molecule has 3 fully saturated rings. The van der Waals surface area contributed by atoms with Gasteiger partial charge in [0.15, 0.2) is 5.15 Å². The number of halogens is 2. The molecule has 2 atom stereocenters. The lowest BCUT2D eigenvalue weighted by Crippen LogP contribution is -2.53. The summed E-state index contributed by atoms with van der Waals surface area (Å²) in [6, 6.07) is 4.41. The van der Waals surface area contributed by atoms with Gasteiger partial charge in [0.2, 0.25) is 5.95 Å². The predicted octanol–water partition coefficient (Wildman–Crippen LogP) is 3.09. The minimum Gasteiger partial charge on any atom is -0.389 e. The first-order valence-corrected chi connectivity index (χ1v) is 12.0. The van der Waals surface area contributed by atoms with Gasteiger partial charge >= 0.3 is 0 Å². The van der Waals surface area contributed by atoms with Crippen molar-refractivity contribution in [3.05, 3.63) is 34.7 Å². The predicted molar refractivity (Wildman–Crippen MR) is 128 cm³/mol. The Morgan fingerprint density at radius 1 is 1.06 bits per heavy atom. The zero-order valence-corrected chi connectivity index (χ0v) is 19.5. The number of rotatable bonds is 5. The van der Waals surface area contributed by atoms with Gasteiger partial charge in [-0.2, -0.15) is 5.10 Å². The number of anilines is 3. The van der Waals surface area contributed by atoms with Crippen molar-refractivity contribution in [1.29, 1.82) is 0 Å². The molecule has 2 aliphatic heterocycles. The second-order valence-corrected chi connectivity index (χ2v) is 9.67. The number of aliphatic hydroxyl groups is 1. The highest BCUT2D eigenvalue weighted by atomic mass is 35.5.